The lowest BCUT2D eigenvalue weighted by atomic mass is 10.4. The smallest absolute Gasteiger partial charge is 0.222 e. The molecule has 16 heavy (non-hydrogen) atoms. The summed E-state index contributed by atoms with van der Waals surface area (Å²) in [6.07, 6.45) is 3.55. The Kier molecular flexibility index (Phi) is 3.73. The van der Waals surface area contributed by atoms with E-state index in [1.54, 1.807) is 17.2 Å². The molecule has 0 atom stereocenters. The minimum atomic E-state index is -4.94. The molecule has 0 amide bonds. The van der Waals surface area contributed by atoms with Crippen LogP contribution in [0.25, 0.3) is 5.78 Å². The van der Waals surface area contributed by atoms with E-state index in [-0.39, 0.29) is 0 Å². The van der Waals surface area contributed by atoms with Crippen LogP contribution in [0.5, 0.6) is 0 Å². The Balaban J connectivity index is 0.000000221. The lowest BCUT2D eigenvalue weighted by Gasteiger charge is -2.17. The van der Waals surface area contributed by atoms with Crippen molar-refractivity contribution in [3.05, 3.63) is 24.3 Å². The Morgan fingerprint density at radius 3 is 2.38 bits per heavy atom. The van der Waals surface area contributed by atoms with Crippen molar-refractivity contribution in [2.75, 3.05) is 0 Å². The molecular weight excluding hydrogens is 240 g/mol. The molecule has 0 aliphatic carbocycles. The fourth-order valence-electron chi connectivity index (χ4n) is 1.07. The Bertz CT molecular complexity index is 475. The molecule has 0 aromatic carbocycles. The van der Waals surface area contributed by atoms with E-state index in [0.717, 1.165) is 11.5 Å². The van der Waals surface area contributed by atoms with E-state index in [2.05, 4.69) is 10.1 Å². The molecule has 8 nitrogen and oxygen atoms in total. The van der Waals surface area contributed by atoms with Gasteiger partial charge in [0, 0.05) is 6.07 Å². The lowest BCUT2D eigenvalue weighted by molar-refractivity contribution is -2.00. The summed E-state index contributed by atoms with van der Waals surface area (Å²) in [5, 5.41) is 4.07. The molecule has 0 spiro atoms. The van der Waals surface area contributed by atoms with E-state index >= 15 is 0 Å². The summed E-state index contributed by atoms with van der Waals surface area (Å²) in [6, 6.07) is 1.95. The molecule has 2 rings (SSSR count). The standard InChI is InChI=1S/C7H9N4.ClHO4/c1-6-3-4-8-7-10(2)9-5-11(6)7;2-1(3,4)5/h3-5H,1-2H3;(H,2,3,4,5)/q+1;/p-1. The predicted molar refractivity (Wildman–Crippen MR) is 38.9 cm³/mol. The van der Waals surface area contributed by atoms with Crippen molar-refractivity contribution >= 4 is 5.78 Å². The third-order valence-corrected chi connectivity index (χ3v) is 1.73. The van der Waals surface area contributed by atoms with Crippen LogP contribution in [0.3, 0.4) is 0 Å². The highest BCUT2D eigenvalue weighted by Crippen LogP contribution is 1.90. The summed E-state index contributed by atoms with van der Waals surface area (Å²) in [5.74, 6) is 0.866. The largest absolute Gasteiger partial charge is 0.386 e. The van der Waals surface area contributed by atoms with Crippen molar-refractivity contribution in [2.24, 2.45) is 7.05 Å². The molecular formula is C7H9ClN4O4. The van der Waals surface area contributed by atoms with Gasteiger partial charge in [0.1, 0.15) is 0 Å². The Hall–Kier alpha value is -1.32. The van der Waals surface area contributed by atoms with Gasteiger partial charge in [0.25, 0.3) is 0 Å². The number of hydrogen-bond acceptors (Lipinski definition) is 6. The monoisotopic (exact) mass is 248 g/mol. The van der Waals surface area contributed by atoms with Gasteiger partial charge in [-0.2, -0.15) is 4.40 Å². The second kappa shape index (κ2) is 4.68. The molecule has 0 aliphatic heterocycles. The molecule has 2 heterocycles. The van der Waals surface area contributed by atoms with Gasteiger partial charge in [-0.1, -0.05) is 0 Å². The number of nitrogens with zero attached hydrogens (tertiary/aromatic N) is 4. The fraction of sp³-hybridized carbons (Fsp3) is 0.286. The maximum absolute atomic E-state index is 8.49. The highest BCUT2D eigenvalue weighted by molar-refractivity contribution is 5.14. The Labute approximate surface area is 92.8 Å². The molecule has 2 aromatic rings. The number of aromatic nitrogens is 4. The van der Waals surface area contributed by atoms with Gasteiger partial charge in [-0.3, -0.25) is 0 Å². The van der Waals surface area contributed by atoms with Gasteiger partial charge in [-0.25, -0.2) is 18.6 Å². The summed E-state index contributed by atoms with van der Waals surface area (Å²) in [5.41, 5.74) is 1.14. The van der Waals surface area contributed by atoms with Gasteiger partial charge in [-0.05, 0) is 12.0 Å². The first-order valence-electron chi connectivity index (χ1n) is 4.06. The van der Waals surface area contributed by atoms with Crippen LogP contribution in [-0.4, -0.2) is 14.8 Å². The zero-order chi connectivity index (χ0) is 12.3. The normalized spacial score (nSPS) is 11.1. The lowest BCUT2D eigenvalue weighted by Crippen LogP contribution is -2.68. The number of halogens is 1. The summed E-state index contributed by atoms with van der Waals surface area (Å²) in [7, 11) is -3.07. The van der Waals surface area contributed by atoms with E-state index < -0.39 is 10.2 Å². The number of fused-ring (bicyclic) bond motifs is 1. The molecule has 0 bridgehead atoms. The second-order valence-electron chi connectivity index (χ2n) is 2.89. The van der Waals surface area contributed by atoms with E-state index in [1.165, 1.54) is 0 Å². The molecule has 88 valence electrons. The molecule has 0 aliphatic rings. The van der Waals surface area contributed by atoms with Gasteiger partial charge < -0.3 is 0 Å². The quantitative estimate of drug-likeness (QED) is 0.430. The van der Waals surface area contributed by atoms with Crippen LogP contribution in [0.4, 0.5) is 0 Å². The van der Waals surface area contributed by atoms with E-state index in [4.69, 9.17) is 18.6 Å². The van der Waals surface area contributed by atoms with Crippen LogP contribution < -0.4 is 23.0 Å². The van der Waals surface area contributed by atoms with Crippen molar-refractivity contribution in [1.29, 1.82) is 0 Å². The van der Waals surface area contributed by atoms with E-state index in [1.807, 2.05) is 24.4 Å². The van der Waals surface area contributed by atoms with Gasteiger partial charge in [0.05, 0.1) is 18.9 Å². The highest BCUT2D eigenvalue weighted by atomic mass is 35.7. The third-order valence-electron chi connectivity index (χ3n) is 1.73. The zero-order valence-corrected chi connectivity index (χ0v) is 9.29. The molecule has 0 saturated carbocycles. The summed E-state index contributed by atoms with van der Waals surface area (Å²) in [6.45, 7) is 2.02. The van der Waals surface area contributed by atoms with Crippen LogP contribution >= 0.6 is 0 Å². The number of aryl methyl sites for hydroxylation is 2. The predicted octanol–water partition coefficient (Wildman–Crippen LogP) is -4.89. The van der Waals surface area contributed by atoms with Crippen LogP contribution in [0.15, 0.2) is 18.6 Å². The first-order valence-corrected chi connectivity index (χ1v) is 5.29. The molecule has 2 aromatic heterocycles. The molecule has 9 heteroatoms. The molecule has 0 fully saturated rings. The topological polar surface area (TPSA) is 127 Å². The maximum Gasteiger partial charge on any atom is 0.386 e. The molecule has 0 radical (unpaired) electrons. The van der Waals surface area contributed by atoms with Gasteiger partial charge in [-0.15, -0.1) is 19.9 Å². The number of rotatable bonds is 0. The molecule has 0 saturated heterocycles. The first-order chi connectivity index (χ1) is 7.29. The average Bonchev–Trinajstić information content (AvgIpc) is 2.47. The van der Waals surface area contributed by atoms with Crippen LogP contribution in [0.1, 0.15) is 5.69 Å². The van der Waals surface area contributed by atoms with Gasteiger partial charge in [0.2, 0.25) is 6.33 Å². The van der Waals surface area contributed by atoms with E-state index in [0.29, 0.717) is 0 Å². The van der Waals surface area contributed by atoms with Crippen molar-refractivity contribution < 1.29 is 33.3 Å². The van der Waals surface area contributed by atoms with Gasteiger partial charge >= 0.3 is 5.78 Å². The average molecular weight is 249 g/mol. The summed E-state index contributed by atoms with van der Waals surface area (Å²) >= 11 is 0. The fourth-order valence-corrected chi connectivity index (χ4v) is 1.07. The van der Waals surface area contributed by atoms with Crippen LogP contribution in [0.2, 0.25) is 0 Å². The maximum atomic E-state index is 8.49. The van der Waals surface area contributed by atoms with Crippen molar-refractivity contribution in [2.45, 2.75) is 6.92 Å². The summed E-state index contributed by atoms with van der Waals surface area (Å²) < 4.78 is 37.7. The number of hydrogen-bond donors (Lipinski definition) is 0. The molecule has 0 N–H and O–H groups in total. The van der Waals surface area contributed by atoms with Crippen molar-refractivity contribution in [1.82, 2.24) is 14.8 Å². The highest BCUT2D eigenvalue weighted by Gasteiger charge is 2.08. The SMILES string of the molecule is Cc1ccnc2n(C)nc[n+]12.[O-][Cl+3]([O-])([O-])[O-]. The van der Waals surface area contributed by atoms with Crippen molar-refractivity contribution in [3.63, 3.8) is 0 Å². The van der Waals surface area contributed by atoms with Crippen molar-refractivity contribution in [3.8, 4) is 0 Å². The van der Waals surface area contributed by atoms with Gasteiger partial charge in [0.15, 0.2) is 0 Å². The Morgan fingerprint density at radius 2 is 1.88 bits per heavy atom. The Morgan fingerprint density at radius 1 is 1.31 bits per heavy atom. The van der Waals surface area contributed by atoms with E-state index in [9.17, 15) is 0 Å². The minimum Gasteiger partial charge on any atom is -0.222 e. The minimum absolute atomic E-state index is 0.866. The first kappa shape index (κ1) is 12.7. The molecule has 0 unspecified atom stereocenters. The zero-order valence-electron chi connectivity index (χ0n) is 8.53. The van der Waals surface area contributed by atoms with Crippen LogP contribution in [-0.2, 0) is 7.05 Å². The summed E-state index contributed by atoms with van der Waals surface area (Å²) in [4.78, 5) is 4.16. The van der Waals surface area contributed by atoms with Crippen LogP contribution in [0, 0.1) is 17.2 Å². The third kappa shape index (κ3) is 3.68. The second-order valence-corrected chi connectivity index (χ2v) is 3.64.